The van der Waals surface area contributed by atoms with E-state index in [-0.39, 0.29) is 17.2 Å². The molecule has 1 fully saturated rings. The van der Waals surface area contributed by atoms with E-state index in [0.717, 1.165) is 5.69 Å². The quantitative estimate of drug-likeness (QED) is 0.849. The molecule has 1 amide bonds. The highest BCUT2D eigenvalue weighted by Crippen LogP contribution is 2.59. The molecule has 20 heavy (non-hydrogen) atoms. The highest BCUT2D eigenvalue weighted by atomic mass is 16.2. The predicted molar refractivity (Wildman–Crippen MR) is 80.0 cm³/mol. The van der Waals surface area contributed by atoms with Gasteiger partial charge in [0, 0.05) is 5.69 Å². The molecule has 1 saturated carbocycles. The summed E-state index contributed by atoms with van der Waals surface area (Å²) in [5.41, 5.74) is 2.61. The van der Waals surface area contributed by atoms with Crippen molar-refractivity contribution in [1.82, 2.24) is 0 Å². The number of allylic oxidation sites excluding steroid dienone is 2. The Labute approximate surface area is 120 Å². The topological polar surface area (TPSA) is 52.9 Å². The summed E-state index contributed by atoms with van der Waals surface area (Å²) in [6.07, 6.45) is 2.18. The highest BCUT2D eigenvalue weighted by Gasteiger charge is 2.60. The first-order chi connectivity index (χ1) is 9.36. The largest absolute Gasteiger partial charge is 0.326 e. The van der Waals surface area contributed by atoms with Gasteiger partial charge in [0.15, 0.2) is 0 Å². The maximum Gasteiger partial charge on any atom is 0.228 e. The van der Waals surface area contributed by atoms with E-state index < -0.39 is 0 Å². The molecular formula is C17H20N2O. The molecule has 104 valence electrons. The number of rotatable bonds is 3. The van der Waals surface area contributed by atoms with Gasteiger partial charge in [-0.2, -0.15) is 5.26 Å². The van der Waals surface area contributed by atoms with Crippen LogP contribution in [0.2, 0.25) is 0 Å². The fraction of sp³-hybridized carbons (Fsp3) is 0.412. The molecule has 0 unspecified atom stereocenters. The summed E-state index contributed by atoms with van der Waals surface area (Å²) >= 11 is 0. The fourth-order valence-electron chi connectivity index (χ4n) is 2.70. The number of amides is 1. The Balaban J connectivity index is 2.06. The molecule has 0 saturated heterocycles. The zero-order chi connectivity index (χ0) is 14.9. The van der Waals surface area contributed by atoms with Crippen LogP contribution in [0, 0.1) is 28.6 Å². The lowest BCUT2D eigenvalue weighted by Crippen LogP contribution is -2.16. The average Bonchev–Trinajstić information content (AvgIpc) is 2.91. The average molecular weight is 268 g/mol. The van der Waals surface area contributed by atoms with Crippen LogP contribution in [0.25, 0.3) is 0 Å². The van der Waals surface area contributed by atoms with Gasteiger partial charge in [-0.1, -0.05) is 25.5 Å². The molecule has 1 aliphatic carbocycles. The van der Waals surface area contributed by atoms with Crippen LogP contribution in [0.15, 0.2) is 35.9 Å². The van der Waals surface area contributed by atoms with Gasteiger partial charge in [-0.3, -0.25) is 4.79 Å². The summed E-state index contributed by atoms with van der Waals surface area (Å²) < 4.78 is 0. The number of carbonyl (C=O) groups excluding carboxylic acids is 1. The Hall–Kier alpha value is -2.08. The van der Waals surface area contributed by atoms with Crippen molar-refractivity contribution in [1.29, 1.82) is 5.26 Å². The van der Waals surface area contributed by atoms with Crippen LogP contribution in [0.3, 0.4) is 0 Å². The zero-order valence-corrected chi connectivity index (χ0v) is 12.4. The second kappa shape index (κ2) is 5.13. The van der Waals surface area contributed by atoms with Gasteiger partial charge < -0.3 is 5.32 Å². The van der Waals surface area contributed by atoms with Crippen molar-refractivity contribution >= 4 is 11.6 Å². The minimum absolute atomic E-state index is 0.0213. The van der Waals surface area contributed by atoms with E-state index in [1.54, 1.807) is 24.3 Å². The lowest BCUT2D eigenvalue weighted by molar-refractivity contribution is -0.118. The van der Waals surface area contributed by atoms with Crippen molar-refractivity contribution in [2.75, 3.05) is 5.32 Å². The smallest absolute Gasteiger partial charge is 0.228 e. The van der Waals surface area contributed by atoms with Gasteiger partial charge >= 0.3 is 0 Å². The van der Waals surface area contributed by atoms with E-state index in [0.29, 0.717) is 11.5 Å². The second-order valence-electron chi connectivity index (χ2n) is 6.25. The van der Waals surface area contributed by atoms with Crippen LogP contribution < -0.4 is 5.32 Å². The predicted octanol–water partition coefficient (Wildman–Crippen LogP) is 3.74. The fourth-order valence-corrected chi connectivity index (χ4v) is 2.70. The Bertz CT molecular complexity index is 586. The van der Waals surface area contributed by atoms with Crippen LogP contribution in [0.1, 0.15) is 33.3 Å². The lowest BCUT2D eigenvalue weighted by atomic mass is 10.1. The summed E-state index contributed by atoms with van der Waals surface area (Å²) in [6.45, 7) is 8.37. The van der Waals surface area contributed by atoms with Gasteiger partial charge in [0.05, 0.1) is 17.6 Å². The molecule has 1 aromatic rings. The Kier molecular flexibility index (Phi) is 3.67. The van der Waals surface area contributed by atoms with Gasteiger partial charge in [-0.25, -0.2) is 0 Å². The van der Waals surface area contributed by atoms with E-state index in [4.69, 9.17) is 5.26 Å². The molecule has 0 heterocycles. The van der Waals surface area contributed by atoms with Crippen molar-refractivity contribution in [3.05, 3.63) is 41.5 Å². The molecule has 3 heteroatoms. The molecule has 0 radical (unpaired) electrons. The molecule has 2 rings (SSSR count). The second-order valence-corrected chi connectivity index (χ2v) is 6.25. The van der Waals surface area contributed by atoms with Gasteiger partial charge in [0.2, 0.25) is 5.91 Å². The zero-order valence-electron chi connectivity index (χ0n) is 12.4. The maximum absolute atomic E-state index is 12.3. The Morgan fingerprint density at radius 1 is 1.30 bits per heavy atom. The van der Waals surface area contributed by atoms with Crippen LogP contribution in [-0.2, 0) is 4.79 Å². The van der Waals surface area contributed by atoms with Crippen LogP contribution in [-0.4, -0.2) is 5.91 Å². The van der Waals surface area contributed by atoms with E-state index in [9.17, 15) is 4.79 Å². The molecule has 1 aliphatic rings. The molecule has 0 aliphatic heterocycles. The molecule has 0 bridgehead atoms. The Morgan fingerprint density at radius 2 is 1.90 bits per heavy atom. The van der Waals surface area contributed by atoms with Crippen molar-refractivity contribution < 1.29 is 4.79 Å². The molecular weight excluding hydrogens is 248 g/mol. The number of nitrogens with one attached hydrogen (secondary N) is 1. The number of nitriles is 1. The first kappa shape index (κ1) is 14.3. The standard InChI is InChI=1S/C17H20N2O/c1-11(2)9-14-15(17(14,3)4)16(20)19-13-7-5-12(10-18)6-8-13/h5-9,14-15H,1-4H3,(H,19,20)/t14-,15+/m0/s1. The lowest BCUT2D eigenvalue weighted by Gasteiger charge is -2.06. The molecule has 1 aromatic carbocycles. The van der Waals surface area contributed by atoms with Gasteiger partial charge in [0.25, 0.3) is 0 Å². The van der Waals surface area contributed by atoms with Gasteiger partial charge in [0.1, 0.15) is 0 Å². The van der Waals surface area contributed by atoms with Crippen LogP contribution >= 0.6 is 0 Å². The molecule has 1 N–H and O–H groups in total. The minimum atomic E-state index is 0.0213. The summed E-state index contributed by atoms with van der Waals surface area (Å²) in [7, 11) is 0. The number of nitrogens with zero attached hydrogens (tertiary/aromatic N) is 1. The molecule has 0 aromatic heterocycles. The first-order valence-corrected chi connectivity index (χ1v) is 6.82. The van der Waals surface area contributed by atoms with E-state index >= 15 is 0 Å². The molecule has 0 spiro atoms. The van der Waals surface area contributed by atoms with Gasteiger partial charge in [-0.15, -0.1) is 0 Å². The number of hydrogen-bond acceptors (Lipinski definition) is 2. The monoisotopic (exact) mass is 268 g/mol. The van der Waals surface area contributed by atoms with E-state index in [1.807, 2.05) is 0 Å². The third-order valence-electron chi connectivity index (χ3n) is 3.99. The van der Waals surface area contributed by atoms with E-state index in [2.05, 4.69) is 45.2 Å². The summed E-state index contributed by atoms with van der Waals surface area (Å²) in [5, 5.41) is 11.7. The summed E-state index contributed by atoms with van der Waals surface area (Å²) in [4.78, 5) is 12.3. The van der Waals surface area contributed by atoms with E-state index in [1.165, 1.54) is 5.57 Å². The maximum atomic E-state index is 12.3. The van der Waals surface area contributed by atoms with Crippen molar-refractivity contribution in [3.63, 3.8) is 0 Å². The van der Waals surface area contributed by atoms with Crippen molar-refractivity contribution in [3.8, 4) is 6.07 Å². The number of anilines is 1. The summed E-state index contributed by atoms with van der Waals surface area (Å²) in [6, 6.07) is 9.01. The van der Waals surface area contributed by atoms with Gasteiger partial charge in [-0.05, 0) is 49.4 Å². The molecule has 2 atom stereocenters. The number of carbonyl (C=O) groups is 1. The SMILES string of the molecule is CC(C)=C[C@H]1[C@H](C(=O)Nc2ccc(C#N)cc2)C1(C)C. The third-order valence-corrected chi connectivity index (χ3v) is 3.99. The first-order valence-electron chi connectivity index (χ1n) is 6.82. The minimum Gasteiger partial charge on any atom is -0.326 e. The highest BCUT2D eigenvalue weighted by molar-refractivity contribution is 5.95. The third kappa shape index (κ3) is 2.75. The van der Waals surface area contributed by atoms with Crippen molar-refractivity contribution in [2.24, 2.45) is 17.3 Å². The summed E-state index contributed by atoms with van der Waals surface area (Å²) in [5.74, 6) is 0.390. The molecule has 3 nitrogen and oxygen atoms in total. The van der Waals surface area contributed by atoms with Crippen LogP contribution in [0.4, 0.5) is 5.69 Å². The Morgan fingerprint density at radius 3 is 2.40 bits per heavy atom. The number of hydrogen-bond donors (Lipinski definition) is 1. The number of benzene rings is 1. The van der Waals surface area contributed by atoms with Crippen LogP contribution in [0.5, 0.6) is 0 Å². The van der Waals surface area contributed by atoms with Crippen molar-refractivity contribution in [2.45, 2.75) is 27.7 Å². The normalized spacial score (nSPS) is 22.6.